The summed E-state index contributed by atoms with van der Waals surface area (Å²) in [5, 5.41) is 12.1. The number of carboxylic acids is 1. The fraction of sp³-hybridized carbons (Fsp3) is 0.486. The second-order valence-corrected chi connectivity index (χ2v) is 10.9. The summed E-state index contributed by atoms with van der Waals surface area (Å²) >= 11 is 0. The number of hydrogen-bond acceptors (Lipinski definition) is 5. The predicted octanol–water partition coefficient (Wildman–Crippen LogP) is 8.54. The first-order valence-electron chi connectivity index (χ1n) is 16.0. The zero-order valence-corrected chi connectivity index (χ0v) is 27.1. The van der Waals surface area contributed by atoms with Crippen molar-refractivity contribution in [2.75, 3.05) is 6.61 Å². The summed E-state index contributed by atoms with van der Waals surface area (Å²) < 4.78 is 11.2. The predicted molar refractivity (Wildman–Crippen MR) is 179 cm³/mol. The lowest BCUT2D eigenvalue weighted by atomic mass is 10.0. The topological polar surface area (TPSA) is 102 Å². The number of amides is 1. The van der Waals surface area contributed by atoms with Crippen molar-refractivity contribution < 1.29 is 29.0 Å². The molecule has 0 spiro atoms. The summed E-state index contributed by atoms with van der Waals surface area (Å²) in [5.41, 5.74) is -0.116. The average molecular weight is 608 g/mol. The first kappa shape index (κ1) is 38.3. The number of nitrogens with one attached hydrogen (secondary N) is 1. The van der Waals surface area contributed by atoms with E-state index in [0.717, 1.165) is 51.4 Å². The summed E-state index contributed by atoms with van der Waals surface area (Å²) in [4.78, 5) is 37.4. The van der Waals surface area contributed by atoms with Gasteiger partial charge in [-0.3, -0.25) is 4.79 Å². The van der Waals surface area contributed by atoms with Gasteiger partial charge in [0.1, 0.15) is 23.5 Å². The van der Waals surface area contributed by atoms with Gasteiger partial charge in [-0.2, -0.15) is 0 Å². The number of para-hydroxylation sites is 1. The van der Waals surface area contributed by atoms with Crippen molar-refractivity contribution in [2.24, 2.45) is 5.92 Å². The van der Waals surface area contributed by atoms with E-state index in [1.54, 1.807) is 12.1 Å². The van der Waals surface area contributed by atoms with E-state index in [1.807, 2.05) is 20.8 Å². The maximum Gasteiger partial charge on any atom is 0.339 e. The molecule has 1 aromatic carbocycles. The Kier molecular flexibility index (Phi) is 21.5. The Morgan fingerprint density at radius 3 is 1.93 bits per heavy atom. The third-order valence-electron chi connectivity index (χ3n) is 6.54. The molecular formula is C37H53NO6. The summed E-state index contributed by atoms with van der Waals surface area (Å²) in [6.07, 6.45) is 29.6. The maximum absolute atomic E-state index is 13.0. The van der Waals surface area contributed by atoms with Crippen LogP contribution in [0.2, 0.25) is 0 Å². The zero-order chi connectivity index (χ0) is 32.4. The number of carboxylic acid groups (broad SMARTS) is 1. The second kappa shape index (κ2) is 24.7. The Balaban J connectivity index is 2.35. The molecule has 0 radical (unpaired) electrons. The highest BCUT2D eigenvalue weighted by Gasteiger charge is 2.28. The Hall–Kier alpha value is -3.71. The molecule has 1 aromatic rings. The van der Waals surface area contributed by atoms with E-state index < -0.39 is 24.1 Å². The molecule has 0 bridgehead atoms. The Morgan fingerprint density at radius 2 is 1.39 bits per heavy atom. The van der Waals surface area contributed by atoms with Crippen LogP contribution < -0.4 is 10.1 Å². The quantitative estimate of drug-likeness (QED) is 0.0559. The van der Waals surface area contributed by atoms with E-state index >= 15 is 0 Å². The molecule has 0 saturated carbocycles. The third kappa shape index (κ3) is 18.1. The normalized spacial score (nSPS) is 13.6. The minimum atomic E-state index is -1.20. The molecule has 2 N–H and O–H groups in total. The second-order valence-electron chi connectivity index (χ2n) is 10.9. The van der Waals surface area contributed by atoms with Crippen LogP contribution in [0.4, 0.5) is 0 Å². The monoisotopic (exact) mass is 607 g/mol. The van der Waals surface area contributed by atoms with Gasteiger partial charge >= 0.3 is 11.9 Å². The number of aromatic carboxylic acids is 1. The van der Waals surface area contributed by atoms with E-state index in [0.29, 0.717) is 19.4 Å². The van der Waals surface area contributed by atoms with Gasteiger partial charge in [-0.25, -0.2) is 9.59 Å². The summed E-state index contributed by atoms with van der Waals surface area (Å²) in [6.45, 7) is 8.32. The van der Waals surface area contributed by atoms with Gasteiger partial charge < -0.3 is 19.9 Å². The summed E-state index contributed by atoms with van der Waals surface area (Å²) in [5.74, 6) is -2.23. The number of unbranched alkanes of at least 4 members (excludes halogenated alkanes) is 2. The molecule has 0 aromatic heterocycles. The van der Waals surface area contributed by atoms with Crippen molar-refractivity contribution in [1.82, 2.24) is 5.32 Å². The third-order valence-corrected chi connectivity index (χ3v) is 6.54. The van der Waals surface area contributed by atoms with Crippen molar-refractivity contribution >= 4 is 17.8 Å². The number of esters is 1. The lowest BCUT2D eigenvalue weighted by Crippen LogP contribution is -2.48. The number of rotatable bonds is 23. The summed E-state index contributed by atoms with van der Waals surface area (Å²) in [7, 11) is 0. The highest BCUT2D eigenvalue weighted by molar-refractivity contribution is 5.93. The van der Waals surface area contributed by atoms with Crippen molar-refractivity contribution in [3.63, 3.8) is 0 Å². The summed E-state index contributed by atoms with van der Waals surface area (Å²) in [6, 6.07) is 5.02. The number of hydrogen-bond donors (Lipinski definition) is 2. The minimum Gasteiger partial charge on any atom is -0.478 e. The van der Waals surface area contributed by atoms with E-state index in [9.17, 15) is 19.5 Å². The molecule has 0 fully saturated rings. The van der Waals surface area contributed by atoms with E-state index in [4.69, 9.17) is 9.47 Å². The minimum absolute atomic E-state index is 0.0520. The molecule has 242 valence electrons. The van der Waals surface area contributed by atoms with Crippen LogP contribution >= 0.6 is 0 Å². The van der Waals surface area contributed by atoms with Crippen LogP contribution in [0.25, 0.3) is 0 Å². The fourth-order valence-corrected chi connectivity index (χ4v) is 4.20. The lowest BCUT2D eigenvalue weighted by Gasteiger charge is -2.23. The van der Waals surface area contributed by atoms with Crippen LogP contribution in [0.15, 0.2) is 85.0 Å². The Bertz CT molecular complexity index is 1110. The maximum atomic E-state index is 13.0. The molecular weight excluding hydrogens is 554 g/mol. The van der Waals surface area contributed by atoms with Crippen LogP contribution in [0.3, 0.4) is 0 Å². The zero-order valence-electron chi connectivity index (χ0n) is 27.1. The van der Waals surface area contributed by atoms with Gasteiger partial charge in [0.2, 0.25) is 5.91 Å². The molecule has 2 atom stereocenters. The molecule has 0 aliphatic rings. The fourth-order valence-electron chi connectivity index (χ4n) is 4.20. The molecule has 7 nitrogen and oxygen atoms in total. The number of allylic oxidation sites excluding steroid dienone is 10. The van der Waals surface area contributed by atoms with E-state index in [2.05, 4.69) is 73.0 Å². The van der Waals surface area contributed by atoms with Gasteiger partial charge in [-0.15, -0.1) is 0 Å². The van der Waals surface area contributed by atoms with Gasteiger partial charge in [0.15, 0.2) is 0 Å². The van der Waals surface area contributed by atoms with Gasteiger partial charge in [0.25, 0.3) is 0 Å². The molecule has 44 heavy (non-hydrogen) atoms. The molecule has 1 amide bonds. The first-order chi connectivity index (χ1) is 21.3. The number of carbonyl (C=O) groups is 3. The number of carbonyl (C=O) groups excluding carboxylic acids is 2. The van der Waals surface area contributed by atoms with Crippen molar-refractivity contribution in [2.45, 2.75) is 104 Å². The smallest absolute Gasteiger partial charge is 0.339 e. The highest BCUT2D eigenvalue weighted by atomic mass is 16.5. The molecule has 1 rings (SSSR count). The first-order valence-corrected chi connectivity index (χ1v) is 16.0. The standard InChI is InChI=1S/C37H53NO6/c1-5-7-8-9-10-11-12-13-14-15-16-17-18-19-20-21-22-25-28-43-33(6-2)35(39)38-32(29-30(3)4)37(42)44-34-27-24-23-26-31(34)36(40)41/h7-8,10-11,13-14,16-17,19-20,23-24,26-27,30,32-33H,5-6,9,12,15,18,21-22,25,28-29H2,1-4H3,(H,38,39)(H,40,41)/t32?,33-/m1/s1. The lowest BCUT2D eigenvalue weighted by molar-refractivity contribution is -0.143. The molecule has 0 saturated heterocycles. The van der Waals surface area contributed by atoms with Gasteiger partial charge in [-0.1, -0.05) is 101 Å². The van der Waals surface area contributed by atoms with Crippen molar-refractivity contribution in [3.8, 4) is 5.75 Å². The molecule has 0 aliphatic heterocycles. The van der Waals surface area contributed by atoms with Crippen molar-refractivity contribution in [1.29, 1.82) is 0 Å². The van der Waals surface area contributed by atoms with E-state index in [1.165, 1.54) is 12.1 Å². The van der Waals surface area contributed by atoms with Crippen LogP contribution in [-0.4, -0.2) is 41.7 Å². The van der Waals surface area contributed by atoms with Crippen LogP contribution in [0, 0.1) is 5.92 Å². The average Bonchev–Trinajstić information content (AvgIpc) is 2.99. The van der Waals surface area contributed by atoms with Gasteiger partial charge in [0.05, 0.1) is 0 Å². The van der Waals surface area contributed by atoms with Crippen LogP contribution in [0.1, 0.15) is 102 Å². The van der Waals surface area contributed by atoms with E-state index in [-0.39, 0.29) is 23.1 Å². The van der Waals surface area contributed by atoms with Crippen molar-refractivity contribution in [3.05, 3.63) is 90.6 Å². The van der Waals surface area contributed by atoms with Crippen LogP contribution in [-0.2, 0) is 14.3 Å². The largest absolute Gasteiger partial charge is 0.478 e. The van der Waals surface area contributed by atoms with Gasteiger partial charge in [0, 0.05) is 6.61 Å². The molecule has 1 unspecified atom stereocenters. The Labute approximate surface area is 264 Å². The highest BCUT2D eigenvalue weighted by Crippen LogP contribution is 2.19. The van der Waals surface area contributed by atoms with Gasteiger partial charge in [-0.05, 0) is 82.3 Å². The Morgan fingerprint density at radius 1 is 0.818 bits per heavy atom. The number of ether oxygens (including phenoxy) is 2. The molecule has 0 aliphatic carbocycles. The SMILES string of the molecule is CCC=CCC=CCC=CCC=CCC=CCCCCO[C@H](CC)C(=O)NC(CC(C)C)C(=O)Oc1ccccc1C(=O)O. The molecule has 0 heterocycles. The molecule has 7 heteroatoms. The number of benzene rings is 1. The van der Waals surface area contributed by atoms with Crippen LogP contribution in [0.5, 0.6) is 5.75 Å².